The second-order valence-corrected chi connectivity index (χ2v) is 6.19. The molecule has 0 aliphatic rings. The fraction of sp³-hybridized carbons (Fsp3) is 0.438. The highest BCUT2D eigenvalue weighted by atomic mass is 19.4. The van der Waals surface area contributed by atoms with E-state index in [-0.39, 0.29) is 17.9 Å². The molecule has 1 heterocycles. The molecule has 1 N–H and O–H groups in total. The van der Waals surface area contributed by atoms with Gasteiger partial charge in [0.05, 0.1) is 5.69 Å². The highest BCUT2D eigenvalue weighted by Crippen LogP contribution is 2.37. The van der Waals surface area contributed by atoms with Crippen molar-refractivity contribution >= 4 is 0 Å². The maximum absolute atomic E-state index is 12.8. The van der Waals surface area contributed by atoms with E-state index < -0.39 is 23.6 Å². The van der Waals surface area contributed by atoms with Crippen LogP contribution in [0.15, 0.2) is 34.7 Å². The summed E-state index contributed by atoms with van der Waals surface area (Å²) in [5.41, 5.74) is 0.267. The average molecular weight is 313 g/mol. The van der Waals surface area contributed by atoms with Crippen LogP contribution in [0.1, 0.15) is 49.8 Å². The molecular formula is C16H18F3NO2. The summed E-state index contributed by atoms with van der Waals surface area (Å²) in [6.45, 7) is 5.18. The van der Waals surface area contributed by atoms with Crippen LogP contribution in [0, 0.1) is 0 Å². The van der Waals surface area contributed by atoms with Gasteiger partial charge in [-0.2, -0.15) is 13.2 Å². The molecule has 0 aliphatic carbocycles. The summed E-state index contributed by atoms with van der Waals surface area (Å²) in [5.74, 6) is -1.44. The summed E-state index contributed by atoms with van der Waals surface area (Å²) in [6.07, 6.45) is -5.69. The Bertz CT molecular complexity index is 627. The van der Waals surface area contributed by atoms with Crippen molar-refractivity contribution in [1.29, 1.82) is 0 Å². The molecule has 0 radical (unpaired) electrons. The van der Waals surface area contributed by atoms with Gasteiger partial charge >= 0.3 is 12.1 Å². The van der Waals surface area contributed by atoms with Gasteiger partial charge in [-0.15, -0.1) is 0 Å². The highest BCUT2D eigenvalue weighted by molar-refractivity contribution is 5.24. The van der Waals surface area contributed by atoms with Gasteiger partial charge in [0.25, 0.3) is 0 Å². The van der Waals surface area contributed by atoms with Gasteiger partial charge in [-0.25, -0.2) is 4.98 Å². The van der Waals surface area contributed by atoms with E-state index in [1.54, 1.807) is 45.0 Å². The van der Waals surface area contributed by atoms with Crippen LogP contribution in [-0.2, 0) is 18.0 Å². The predicted octanol–water partition coefficient (Wildman–Crippen LogP) is 4.27. The van der Waals surface area contributed by atoms with Crippen molar-refractivity contribution in [2.75, 3.05) is 0 Å². The van der Waals surface area contributed by atoms with Crippen molar-refractivity contribution < 1.29 is 22.7 Å². The minimum absolute atomic E-state index is 0.122. The van der Waals surface area contributed by atoms with Gasteiger partial charge in [0, 0.05) is 11.8 Å². The molecule has 1 unspecified atom stereocenters. The van der Waals surface area contributed by atoms with E-state index in [9.17, 15) is 18.3 Å². The summed E-state index contributed by atoms with van der Waals surface area (Å²) in [5, 5.41) is 10.3. The first-order valence-electron chi connectivity index (χ1n) is 6.89. The first-order valence-corrected chi connectivity index (χ1v) is 6.89. The maximum atomic E-state index is 12.8. The molecule has 22 heavy (non-hydrogen) atoms. The number of oxazole rings is 1. The Kier molecular flexibility index (Phi) is 4.33. The first kappa shape index (κ1) is 16.5. The third-order valence-corrected chi connectivity index (χ3v) is 3.18. The lowest BCUT2D eigenvalue weighted by atomic mass is 9.89. The number of aliphatic hydroxyl groups excluding tert-OH is 1. The molecular weight excluding hydrogens is 295 g/mol. The average Bonchev–Trinajstić information content (AvgIpc) is 2.84. The number of rotatable bonds is 3. The van der Waals surface area contributed by atoms with Crippen LogP contribution in [0.4, 0.5) is 13.2 Å². The molecule has 1 atom stereocenters. The lowest BCUT2D eigenvalue weighted by Gasteiger charge is -2.18. The predicted molar refractivity (Wildman–Crippen MR) is 75.3 cm³/mol. The Morgan fingerprint density at radius 3 is 2.23 bits per heavy atom. The van der Waals surface area contributed by atoms with Gasteiger partial charge in [-0.1, -0.05) is 51.1 Å². The minimum Gasteiger partial charge on any atom is -0.435 e. The van der Waals surface area contributed by atoms with E-state index in [2.05, 4.69) is 4.98 Å². The molecule has 0 spiro atoms. The molecule has 2 rings (SSSR count). The second-order valence-electron chi connectivity index (χ2n) is 6.19. The lowest BCUT2D eigenvalue weighted by Crippen LogP contribution is -2.17. The number of aromatic nitrogens is 1. The van der Waals surface area contributed by atoms with Crippen molar-refractivity contribution in [3.8, 4) is 0 Å². The minimum atomic E-state index is -4.68. The molecule has 3 nitrogen and oxygen atoms in total. The van der Waals surface area contributed by atoms with Crippen LogP contribution in [0.5, 0.6) is 0 Å². The molecule has 0 saturated carbocycles. The van der Waals surface area contributed by atoms with Crippen LogP contribution < -0.4 is 0 Å². The third kappa shape index (κ3) is 3.68. The maximum Gasteiger partial charge on any atom is 0.468 e. The van der Waals surface area contributed by atoms with Gasteiger partial charge in [0.2, 0.25) is 0 Å². The number of alkyl halides is 3. The first-order chi connectivity index (χ1) is 10.1. The molecule has 120 valence electrons. The van der Waals surface area contributed by atoms with Gasteiger partial charge < -0.3 is 9.52 Å². The van der Waals surface area contributed by atoms with Crippen molar-refractivity contribution in [3.05, 3.63) is 53.2 Å². The Morgan fingerprint density at radius 2 is 1.73 bits per heavy atom. The van der Waals surface area contributed by atoms with Crippen LogP contribution in [0.3, 0.4) is 0 Å². The molecule has 0 fully saturated rings. The molecule has 1 aromatic heterocycles. The molecule has 0 aliphatic heterocycles. The zero-order valence-corrected chi connectivity index (χ0v) is 12.6. The van der Waals surface area contributed by atoms with Crippen LogP contribution in [-0.4, -0.2) is 10.1 Å². The molecule has 1 aromatic carbocycles. The smallest absolute Gasteiger partial charge is 0.435 e. The Hall–Kier alpha value is -1.82. The van der Waals surface area contributed by atoms with Gasteiger partial charge in [0.1, 0.15) is 6.10 Å². The van der Waals surface area contributed by atoms with Crippen LogP contribution in [0.2, 0.25) is 0 Å². The van der Waals surface area contributed by atoms with Crippen molar-refractivity contribution in [2.24, 2.45) is 0 Å². The SMILES string of the molecule is CC(C)(C)c1nc(C(F)(F)F)oc1C(O)Cc1ccccc1. The molecule has 0 amide bonds. The van der Waals surface area contributed by atoms with Gasteiger partial charge in [-0.3, -0.25) is 0 Å². The fourth-order valence-electron chi connectivity index (χ4n) is 2.15. The summed E-state index contributed by atoms with van der Waals surface area (Å²) in [6, 6.07) is 9.01. The summed E-state index contributed by atoms with van der Waals surface area (Å²) in [4.78, 5) is 3.56. The quantitative estimate of drug-likeness (QED) is 0.920. The summed E-state index contributed by atoms with van der Waals surface area (Å²) < 4.78 is 43.3. The molecule has 6 heteroatoms. The number of hydrogen-bond donors (Lipinski definition) is 1. The number of nitrogens with zero attached hydrogens (tertiary/aromatic N) is 1. The number of halogens is 3. The van der Waals surface area contributed by atoms with E-state index >= 15 is 0 Å². The van der Waals surface area contributed by atoms with Crippen molar-refractivity contribution in [3.63, 3.8) is 0 Å². The van der Waals surface area contributed by atoms with Crippen molar-refractivity contribution in [2.45, 2.75) is 44.9 Å². The zero-order chi connectivity index (χ0) is 16.5. The number of benzene rings is 1. The monoisotopic (exact) mass is 313 g/mol. The normalized spacial score (nSPS) is 14.1. The van der Waals surface area contributed by atoms with Crippen LogP contribution >= 0.6 is 0 Å². The number of hydrogen-bond acceptors (Lipinski definition) is 3. The Morgan fingerprint density at radius 1 is 1.14 bits per heavy atom. The Balaban J connectivity index is 2.38. The van der Waals surface area contributed by atoms with E-state index in [0.29, 0.717) is 0 Å². The van der Waals surface area contributed by atoms with Gasteiger partial charge in [-0.05, 0) is 5.56 Å². The fourth-order valence-corrected chi connectivity index (χ4v) is 2.15. The second kappa shape index (κ2) is 5.76. The Labute approximate surface area is 126 Å². The van der Waals surface area contributed by atoms with Crippen molar-refractivity contribution in [1.82, 2.24) is 4.98 Å². The summed E-state index contributed by atoms with van der Waals surface area (Å²) >= 11 is 0. The lowest BCUT2D eigenvalue weighted by molar-refractivity contribution is -0.158. The van der Waals surface area contributed by atoms with Crippen LogP contribution in [0.25, 0.3) is 0 Å². The topological polar surface area (TPSA) is 46.3 Å². The van der Waals surface area contributed by atoms with E-state index in [1.165, 1.54) is 0 Å². The van der Waals surface area contributed by atoms with Gasteiger partial charge in [0.15, 0.2) is 5.76 Å². The zero-order valence-electron chi connectivity index (χ0n) is 12.6. The highest BCUT2D eigenvalue weighted by Gasteiger charge is 2.41. The molecule has 0 saturated heterocycles. The van der Waals surface area contributed by atoms with E-state index in [0.717, 1.165) is 5.56 Å². The third-order valence-electron chi connectivity index (χ3n) is 3.18. The largest absolute Gasteiger partial charge is 0.468 e. The van der Waals surface area contributed by atoms with E-state index in [4.69, 9.17) is 4.42 Å². The number of aliphatic hydroxyl groups is 1. The summed E-state index contributed by atoms with van der Waals surface area (Å²) in [7, 11) is 0. The molecule has 0 bridgehead atoms. The molecule has 2 aromatic rings. The van der Waals surface area contributed by atoms with E-state index in [1.807, 2.05) is 6.07 Å². The standard InChI is InChI=1S/C16H18F3NO2/c1-15(2,3)13-12(22-14(20-13)16(17,18)19)11(21)9-10-7-5-4-6-8-10/h4-8,11,21H,9H2,1-3H3.